The molecule has 1 heterocycles. The van der Waals surface area contributed by atoms with Crippen LogP contribution in [0.15, 0.2) is 12.3 Å². The highest BCUT2D eigenvalue weighted by molar-refractivity contribution is 5.74. The van der Waals surface area contributed by atoms with E-state index in [0.717, 1.165) is 0 Å². The van der Waals surface area contributed by atoms with E-state index in [9.17, 15) is 4.79 Å². The first kappa shape index (κ1) is 11.0. The highest BCUT2D eigenvalue weighted by atomic mass is 16.5. The third-order valence-corrected chi connectivity index (χ3v) is 1.89. The van der Waals surface area contributed by atoms with Gasteiger partial charge in [0.25, 0.3) is 0 Å². The zero-order valence-corrected chi connectivity index (χ0v) is 8.48. The fraction of sp³-hybridized carbons (Fsp3) is 0.300. The average molecular weight is 206 g/mol. The third kappa shape index (κ3) is 2.44. The van der Waals surface area contributed by atoms with Gasteiger partial charge in [0.1, 0.15) is 17.5 Å². The summed E-state index contributed by atoms with van der Waals surface area (Å²) in [6.07, 6.45) is 1.44. The number of hydrogen-bond acceptors (Lipinski definition) is 5. The second kappa shape index (κ2) is 4.96. The number of ether oxygens (including phenoxy) is 2. The van der Waals surface area contributed by atoms with Crippen LogP contribution < -0.4 is 4.74 Å². The maximum atomic E-state index is 11.1. The molecule has 5 nitrogen and oxygen atoms in total. The van der Waals surface area contributed by atoms with Crippen molar-refractivity contribution in [1.29, 1.82) is 5.26 Å². The van der Waals surface area contributed by atoms with Crippen molar-refractivity contribution >= 4 is 5.97 Å². The molecule has 0 fully saturated rings. The second-order valence-corrected chi connectivity index (χ2v) is 2.71. The summed E-state index contributed by atoms with van der Waals surface area (Å²) in [5, 5.41) is 8.80. The number of pyridine rings is 1. The lowest BCUT2D eigenvalue weighted by Gasteiger charge is -2.07. The lowest BCUT2D eigenvalue weighted by Crippen LogP contribution is -2.08. The van der Waals surface area contributed by atoms with E-state index in [1.165, 1.54) is 20.4 Å². The van der Waals surface area contributed by atoms with Gasteiger partial charge in [0.05, 0.1) is 20.6 Å². The van der Waals surface area contributed by atoms with E-state index in [-0.39, 0.29) is 12.1 Å². The van der Waals surface area contributed by atoms with Crippen LogP contribution >= 0.6 is 0 Å². The van der Waals surface area contributed by atoms with E-state index in [1.54, 1.807) is 6.07 Å². The number of aromatic nitrogens is 1. The molecule has 0 N–H and O–H groups in total. The summed E-state index contributed by atoms with van der Waals surface area (Å²) in [6.45, 7) is 0. The maximum Gasteiger partial charge on any atom is 0.310 e. The molecule has 0 spiro atoms. The van der Waals surface area contributed by atoms with Gasteiger partial charge in [-0.15, -0.1) is 0 Å². The first-order chi connectivity index (χ1) is 7.22. The van der Waals surface area contributed by atoms with E-state index in [4.69, 9.17) is 10.00 Å². The van der Waals surface area contributed by atoms with Crippen molar-refractivity contribution in [2.75, 3.05) is 14.2 Å². The smallest absolute Gasteiger partial charge is 0.310 e. The lowest BCUT2D eigenvalue weighted by molar-refractivity contribution is -0.139. The molecule has 1 aromatic heterocycles. The number of nitriles is 1. The Kier molecular flexibility index (Phi) is 3.63. The minimum atomic E-state index is -0.433. The normalized spacial score (nSPS) is 9.13. The van der Waals surface area contributed by atoms with Crippen molar-refractivity contribution < 1.29 is 14.3 Å². The van der Waals surface area contributed by atoms with Gasteiger partial charge >= 0.3 is 5.97 Å². The first-order valence-electron chi connectivity index (χ1n) is 4.21. The molecular formula is C10H10N2O3. The third-order valence-electron chi connectivity index (χ3n) is 1.89. The Morgan fingerprint density at radius 2 is 2.33 bits per heavy atom. The molecule has 0 saturated heterocycles. The Balaban J connectivity index is 3.12. The number of hydrogen-bond donors (Lipinski definition) is 0. The van der Waals surface area contributed by atoms with Crippen LogP contribution in [0.5, 0.6) is 5.75 Å². The average Bonchev–Trinajstić information content (AvgIpc) is 2.29. The largest absolute Gasteiger partial charge is 0.496 e. The van der Waals surface area contributed by atoms with Gasteiger partial charge in [0.2, 0.25) is 0 Å². The van der Waals surface area contributed by atoms with Crippen LogP contribution in [-0.4, -0.2) is 25.2 Å². The predicted molar refractivity (Wildman–Crippen MR) is 51.2 cm³/mol. The number of methoxy groups -OCH3 is 2. The molecule has 78 valence electrons. The second-order valence-electron chi connectivity index (χ2n) is 2.71. The molecule has 0 radical (unpaired) electrons. The molecule has 0 aromatic carbocycles. The number of esters is 1. The Hall–Kier alpha value is -2.09. The fourth-order valence-electron chi connectivity index (χ4n) is 1.15. The summed E-state index contributed by atoms with van der Waals surface area (Å²) in [5.74, 6) is 0.0322. The Labute approximate surface area is 87.3 Å². The van der Waals surface area contributed by atoms with Gasteiger partial charge < -0.3 is 9.47 Å². The van der Waals surface area contributed by atoms with Gasteiger partial charge in [-0.25, -0.2) is 4.98 Å². The quantitative estimate of drug-likeness (QED) is 0.680. The highest BCUT2D eigenvalue weighted by Gasteiger charge is 2.14. The number of carbonyl (C=O) groups excluding carboxylic acids is 1. The summed E-state index contributed by atoms with van der Waals surface area (Å²) >= 11 is 0. The van der Waals surface area contributed by atoms with E-state index in [2.05, 4.69) is 9.72 Å². The molecule has 0 bridgehead atoms. The summed E-state index contributed by atoms with van der Waals surface area (Å²) in [5.41, 5.74) is 0.633. The van der Waals surface area contributed by atoms with Crippen LogP contribution in [0.2, 0.25) is 0 Å². The molecule has 15 heavy (non-hydrogen) atoms. The number of nitrogens with zero attached hydrogens (tertiary/aromatic N) is 2. The SMILES string of the molecule is COC(=O)Cc1c(OC)ccnc1C#N. The van der Waals surface area contributed by atoms with E-state index in [1.807, 2.05) is 6.07 Å². The molecule has 0 aliphatic heterocycles. The highest BCUT2D eigenvalue weighted by Crippen LogP contribution is 2.20. The van der Waals surface area contributed by atoms with Crippen LogP contribution in [-0.2, 0) is 16.0 Å². The van der Waals surface area contributed by atoms with E-state index >= 15 is 0 Å². The van der Waals surface area contributed by atoms with Crippen molar-refractivity contribution in [1.82, 2.24) is 4.98 Å². The topological polar surface area (TPSA) is 72.2 Å². The van der Waals surface area contributed by atoms with Crippen LogP contribution in [0.3, 0.4) is 0 Å². The zero-order valence-electron chi connectivity index (χ0n) is 8.48. The van der Waals surface area contributed by atoms with Gasteiger partial charge in [-0.1, -0.05) is 0 Å². The first-order valence-corrected chi connectivity index (χ1v) is 4.21. The van der Waals surface area contributed by atoms with Crippen molar-refractivity contribution in [3.05, 3.63) is 23.5 Å². The standard InChI is InChI=1S/C10H10N2O3/c1-14-9-3-4-12-8(6-11)7(9)5-10(13)15-2/h3-4H,5H2,1-2H3. The molecule has 0 unspecified atom stereocenters. The van der Waals surface area contributed by atoms with E-state index in [0.29, 0.717) is 11.3 Å². The Morgan fingerprint density at radius 3 is 2.87 bits per heavy atom. The Morgan fingerprint density at radius 1 is 1.60 bits per heavy atom. The monoisotopic (exact) mass is 206 g/mol. The molecular weight excluding hydrogens is 196 g/mol. The fourth-order valence-corrected chi connectivity index (χ4v) is 1.15. The Bertz CT molecular complexity index is 410. The van der Waals surface area contributed by atoms with Crippen molar-refractivity contribution in [3.63, 3.8) is 0 Å². The molecule has 0 saturated carbocycles. The van der Waals surface area contributed by atoms with E-state index < -0.39 is 5.97 Å². The molecule has 0 aliphatic rings. The van der Waals surface area contributed by atoms with Crippen LogP contribution in [0.1, 0.15) is 11.3 Å². The minimum Gasteiger partial charge on any atom is -0.496 e. The van der Waals surface area contributed by atoms with Crippen LogP contribution in [0.4, 0.5) is 0 Å². The summed E-state index contributed by atoms with van der Waals surface area (Å²) < 4.78 is 9.56. The predicted octanol–water partition coefficient (Wildman–Crippen LogP) is 0.677. The lowest BCUT2D eigenvalue weighted by atomic mass is 10.1. The molecule has 5 heteroatoms. The van der Waals surface area contributed by atoms with Gasteiger partial charge in [-0.2, -0.15) is 5.26 Å². The number of carbonyl (C=O) groups is 1. The molecule has 1 rings (SSSR count). The van der Waals surface area contributed by atoms with Gasteiger partial charge in [-0.3, -0.25) is 4.79 Å². The zero-order chi connectivity index (χ0) is 11.3. The number of rotatable bonds is 3. The van der Waals surface area contributed by atoms with Gasteiger partial charge in [-0.05, 0) is 6.07 Å². The molecule has 0 aliphatic carbocycles. The van der Waals surface area contributed by atoms with Crippen LogP contribution in [0, 0.1) is 11.3 Å². The molecule has 1 aromatic rings. The van der Waals surface area contributed by atoms with Gasteiger partial charge in [0, 0.05) is 11.8 Å². The maximum absolute atomic E-state index is 11.1. The summed E-state index contributed by atoms with van der Waals surface area (Å²) in [7, 11) is 2.76. The van der Waals surface area contributed by atoms with Crippen molar-refractivity contribution in [3.8, 4) is 11.8 Å². The molecule has 0 atom stereocenters. The van der Waals surface area contributed by atoms with Gasteiger partial charge in [0.15, 0.2) is 0 Å². The van der Waals surface area contributed by atoms with Crippen molar-refractivity contribution in [2.45, 2.75) is 6.42 Å². The summed E-state index contributed by atoms with van der Waals surface area (Å²) in [4.78, 5) is 14.9. The summed E-state index contributed by atoms with van der Waals surface area (Å²) in [6, 6.07) is 3.50. The molecule has 0 amide bonds. The van der Waals surface area contributed by atoms with Crippen LogP contribution in [0.25, 0.3) is 0 Å². The minimum absolute atomic E-state index is 0.0175. The van der Waals surface area contributed by atoms with Crippen molar-refractivity contribution in [2.24, 2.45) is 0 Å².